The second-order valence-corrected chi connectivity index (χ2v) is 5.78. The predicted octanol–water partition coefficient (Wildman–Crippen LogP) is 2.25. The maximum Gasteiger partial charge on any atom is 0.244 e. The highest BCUT2D eigenvalue weighted by Gasteiger charge is 2.34. The summed E-state index contributed by atoms with van der Waals surface area (Å²) in [5.41, 5.74) is 2.10. The van der Waals surface area contributed by atoms with E-state index in [2.05, 4.69) is 5.32 Å². The van der Waals surface area contributed by atoms with Gasteiger partial charge in [0.2, 0.25) is 5.91 Å². The number of benzene rings is 1. The van der Waals surface area contributed by atoms with E-state index in [0.29, 0.717) is 6.04 Å². The van der Waals surface area contributed by atoms with Crippen LogP contribution >= 0.6 is 0 Å². The first-order valence-corrected chi connectivity index (χ1v) is 7.41. The largest absolute Gasteiger partial charge is 0.497 e. The van der Waals surface area contributed by atoms with E-state index in [0.717, 1.165) is 36.4 Å². The summed E-state index contributed by atoms with van der Waals surface area (Å²) >= 11 is 0. The SMILES string of the molecule is COc1ccc(N2CCCC(NC3CC3)C2=O)c(C)c1. The molecule has 1 heterocycles. The fraction of sp³-hybridized carbons (Fsp3) is 0.562. The smallest absolute Gasteiger partial charge is 0.244 e. The van der Waals surface area contributed by atoms with E-state index in [4.69, 9.17) is 4.74 Å². The van der Waals surface area contributed by atoms with Crippen molar-refractivity contribution in [2.75, 3.05) is 18.6 Å². The van der Waals surface area contributed by atoms with Crippen LogP contribution in [-0.2, 0) is 4.79 Å². The zero-order valence-corrected chi connectivity index (χ0v) is 12.2. The molecule has 1 atom stereocenters. The highest BCUT2D eigenvalue weighted by Crippen LogP contribution is 2.29. The van der Waals surface area contributed by atoms with Gasteiger partial charge in [-0.05, 0) is 56.4 Å². The van der Waals surface area contributed by atoms with Gasteiger partial charge in [-0.3, -0.25) is 4.79 Å². The van der Waals surface area contributed by atoms with Gasteiger partial charge in [-0.2, -0.15) is 0 Å². The number of carbonyl (C=O) groups excluding carboxylic acids is 1. The number of nitrogens with one attached hydrogen (secondary N) is 1. The number of hydrogen-bond acceptors (Lipinski definition) is 3. The second kappa shape index (κ2) is 5.44. The molecule has 3 rings (SSSR count). The van der Waals surface area contributed by atoms with E-state index in [9.17, 15) is 4.79 Å². The van der Waals surface area contributed by atoms with Crippen molar-refractivity contribution in [1.29, 1.82) is 0 Å². The van der Waals surface area contributed by atoms with E-state index in [1.54, 1.807) is 7.11 Å². The first-order valence-electron chi connectivity index (χ1n) is 7.41. The van der Waals surface area contributed by atoms with Crippen LogP contribution in [0.3, 0.4) is 0 Å². The minimum Gasteiger partial charge on any atom is -0.497 e. The van der Waals surface area contributed by atoms with Crippen molar-refractivity contribution in [3.05, 3.63) is 23.8 Å². The molecule has 1 aliphatic heterocycles. The molecule has 1 aromatic rings. The van der Waals surface area contributed by atoms with Crippen molar-refractivity contribution in [3.8, 4) is 5.75 Å². The molecular weight excluding hydrogens is 252 g/mol. The van der Waals surface area contributed by atoms with E-state index in [1.165, 1.54) is 12.8 Å². The van der Waals surface area contributed by atoms with Crippen LogP contribution in [0.5, 0.6) is 5.75 Å². The molecule has 1 amide bonds. The van der Waals surface area contributed by atoms with Crippen molar-refractivity contribution < 1.29 is 9.53 Å². The molecular formula is C16H22N2O2. The number of piperidine rings is 1. The summed E-state index contributed by atoms with van der Waals surface area (Å²) in [5.74, 6) is 1.06. The number of carbonyl (C=O) groups is 1. The summed E-state index contributed by atoms with van der Waals surface area (Å²) in [6, 6.07) is 6.47. The third-order valence-electron chi connectivity index (χ3n) is 4.15. The molecule has 0 bridgehead atoms. The summed E-state index contributed by atoms with van der Waals surface area (Å²) < 4.78 is 5.23. The zero-order valence-electron chi connectivity index (χ0n) is 12.2. The Bertz CT molecular complexity index is 511. The number of nitrogens with zero attached hydrogens (tertiary/aromatic N) is 1. The van der Waals surface area contributed by atoms with Crippen molar-refractivity contribution >= 4 is 11.6 Å². The number of hydrogen-bond donors (Lipinski definition) is 1. The Morgan fingerprint density at radius 1 is 1.30 bits per heavy atom. The van der Waals surface area contributed by atoms with Crippen LogP contribution in [0, 0.1) is 6.92 Å². The van der Waals surface area contributed by atoms with Gasteiger partial charge in [-0.1, -0.05) is 0 Å². The van der Waals surface area contributed by atoms with Gasteiger partial charge in [0.1, 0.15) is 5.75 Å². The van der Waals surface area contributed by atoms with Crippen molar-refractivity contribution in [1.82, 2.24) is 5.32 Å². The summed E-state index contributed by atoms with van der Waals surface area (Å²) in [6.07, 6.45) is 4.44. The Morgan fingerprint density at radius 2 is 2.10 bits per heavy atom. The molecule has 1 N–H and O–H groups in total. The molecule has 1 aliphatic carbocycles. The second-order valence-electron chi connectivity index (χ2n) is 5.78. The van der Waals surface area contributed by atoms with E-state index < -0.39 is 0 Å². The van der Waals surface area contributed by atoms with Gasteiger partial charge in [0.15, 0.2) is 0 Å². The lowest BCUT2D eigenvalue weighted by molar-refractivity contribution is -0.121. The molecule has 1 unspecified atom stereocenters. The number of anilines is 1. The quantitative estimate of drug-likeness (QED) is 0.915. The fourth-order valence-electron chi connectivity index (χ4n) is 2.86. The van der Waals surface area contributed by atoms with Crippen LogP contribution in [0.4, 0.5) is 5.69 Å². The number of rotatable bonds is 4. The fourth-order valence-corrected chi connectivity index (χ4v) is 2.86. The third kappa shape index (κ3) is 2.66. The first-order chi connectivity index (χ1) is 9.69. The predicted molar refractivity (Wildman–Crippen MR) is 79.3 cm³/mol. The Morgan fingerprint density at radius 3 is 2.75 bits per heavy atom. The molecule has 1 aromatic carbocycles. The number of aryl methyl sites for hydroxylation is 1. The van der Waals surface area contributed by atoms with E-state index in [1.807, 2.05) is 30.0 Å². The summed E-state index contributed by atoms with van der Waals surface area (Å²) in [6.45, 7) is 2.85. The highest BCUT2D eigenvalue weighted by atomic mass is 16.5. The number of methoxy groups -OCH3 is 1. The van der Waals surface area contributed by atoms with Crippen molar-refractivity contribution in [3.63, 3.8) is 0 Å². The average Bonchev–Trinajstić information content (AvgIpc) is 3.25. The molecule has 1 saturated carbocycles. The monoisotopic (exact) mass is 274 g/mol. The molecule has 4 heteroatoms. The number of amides is 1. The van der Waals surface area contributed by atoms with E-state index in [-0.39, 0.29) is 11.9 Å². The minimum absolute atomic E-state index is 0.00208. The lowest BCUT2D eigenvalue weighted by Gasteiger charge is -2.33. The van der Waals surface area contributed by atoms with Crippen LogP contribution in [0.15, 0.2) is 18.2 Å². The first kappa shape index (κ1) is 13.4. The Hall–Kier alpha value is -1.55. The lowest BCUT2D eigenvalue weighted by atomic mass is 10.0. The van der Waals surface area contributed by atoms with Gasteiger partial charge >= 0.3 is 0 Å². The van der Waals surface area contributed by atoms with Crippen LogP contribution < -0.4 is 15.0 Å². The normalized spacial score (nSPS) is 23.0. The molecule has 108 valence electrons. The molecule has 2 aliphatic rings. The van der Waals surface area contributed by atoms with Crippen LogP contribution in [0.1, 0.15) is 31.2 Å². The lowest BCUT2D eigenvalue weighted by Crippen LogP contribution is -2.51. The minimum atomic E-state index is -0.00208. The van der Waals surface area contributed by atoms with Crippen LogP contribution in [0.2, 0.25) is 0 Å². The Kier molecular flexibility index (Phi) is 3.66. The summed E-state index contributed by atoms with van der Waals surface area (Å²) in [5, 5.41) is 3.47. The molecule has 1 saturated heterocycles. The molecule has 0 spiro atoms. The maximum atomic E-state index is 12.6. The average molecular weight is 274 g/mol. The van der Waals surface area contributed by atoms with Crippen LogP contribution in [-0.4, -0.2) is 31.6 Å². The maximum absolute atomic E-state index is 12.6. The van der Waals surface area contributed by atoms with Gasteiger partial charge < -0.3 is 15.0 Å². The molecule has 0 radical (unpaired) electrons. The highest BCUT2D eigenvalue weighted by molar-refractivity contribution is 5.98. The van der Waals surface area contributed by atoms with Gasteiger partial charge in [0.25, 0.3) is 0 Å². The molecule has 0 aromatic heterocycles. The Balaban J connectivity index is 1.79. The zero-order chi connectivity index (χ0) is 14.1. The van der Waals surface area contributed by atoms with Gasteiger partial charge in [0, 0.05) is 18.3 Å². The van der Waals surface area contributed by atoms with Gasteiger partial charge in [-0.25, -0.2) is 0 Å². The number of ether oxygens (including phenoxy) is 1. The van der Waals surface area contributed by atoms with E-state index >= 15 is 0 Å². The van der Waals surface area contributed by atoms with Crippen LogP contribution in [0.25, 0.3) is 0 Å². The van der Waals surface area contributed by atoms with Crippen molar-refractivity contribution in [2.24, 2.45) is 0 Å². The molecule has 20 heavy (non-hydrogen) atoms. The standard InChI is InChI=1S/C16H22N2O2/c1-11-10-13(20-2)7-8-15(11)18-9-3-4-14(16(18)19)17-12-5-6-12/h7-8,10,12,14,17H,3-6,9H2,1-2H3. The third-order valence-corrected chi connectivity index (χ3v) is 4.15. The van der Waals surface area contributed by atoms with Crippen molar-refractivity contribution in [2.45, 2.75) is 44.7 Å². The molecule has 4 nitrogen and oxygen atoms in total. The van der Waals surface area contributed by atoms with Gasteiger partial charge in [-0.15, -0.1) is 0 Å². The molecule has 2 fully saturated rings. The topological polar surface area (TPSA) is 41.6 Å². The van der Waals surface area contributed by atoms with Gasteiger partial charge in [0.05, 0.1) is 13.2 Å². The Labute approximate surface area is 120 Å². The summed E-state index contributed by atoms with van der Waals surface area (Å²) in [7, 11) is 1.66. The summed E-state index contributed by atoms with van der Waals surface area (Å²) in [4.78, 5) is 14.6.